The van der Waals surface area contributed by atoms with Gasteiger partial charge in [0, 0.05) is 19.7 Å². The van der Waals surface area contributed by atoms with E-state index in [1.807, 2.05) is 11.4 Å². The second kappa shape index (κ2) is 9.73. The summed E-state index contributed by atoms with van der Waals surface area (Å²) >= 11 is 8.96. The van der Waals surface area contributed by atoms with Crippen LogP contribution in [-0.4, -0.2) is 11.1 Å². The third kappa shape index (κ3) is 4.93. The van der Waals surface area contributed by atoms with Crippen LogP contribution in [0.25, 0.3) is 20.2 Å². The first-order valence-corrected chi connectivity index (χ1v) is 10.1. The fourth-order valence-corrected chi connectivity index (χ4v) is 5.08. The Morgan fingerprint density at radius 3 is 1.96 bits per heavy atom. The molecule has 0 aliphatic heterocycles. The van der Waals surface area contributed by atoms with E-state index in [2.05, 4.69) is 31.9 Å². The quantitative estimate of drug-likeness (QED) is 0.264. The van der Waals surface area contributed by atoms with E-state index in [9.17, 15) is 13.6 Å². The van der Waals surface area contributed by atoms with Crippen LogP contribution in [0, 0.1) is 11.6 Å². The molecule has 0 atom stereocenters. The summed E-state index contributed by atoms with van der Waals surface area (Å²) in [6, 6.07) is 9.46. The highest BCUT2D eigenvalue weighted by Gasteiger charge is 2.13. The van der Waals surface area contributed by atoms with Gasteiger partial charge in [0.05, 0.1) is 9.40 Å². The topological polar surface area (TPSA) is 37.3 Å². The normalized spacial score (nSPS) is 9.93. The number of carboxylic acid groups (broad SMARTS) is 1. The molecule has 4 aromatic rings. The van der Waals surface area contributed by atoms with E-state index in [1.54, 1.807) is 12.1 Å². The van der Waals surface area contributed by atoms with Gasteiger partial charge in [0.1, 0.15) is 16.5 Å². The van der Waals surface area contributed by atoms with Crippen LogP contribution in [0.1, 0.15) is 24.5 Å². The minimum absolute atomic E-state index is 0. The number of carbonyl (C=O) groups is 1. The zero-order valence-electron chi connectivity index (χ0n) is 12.2. The van der Waals surface area contributed by atoms with Crippen molar-refractivity contribution in [3.05, 3.63) is 67.2 Å². The van der Waals surface area contributed by atoms with E-state index >= 15 is 0 Å². The van der Waals surface area contributed by atoms with E-state index in [4.69, 9.17) is 5.11 Å². The van der Waals surface area contributed by atoms with Gasteiger partial charge in [-0.2, -0.15) is 0 Å². The summed E-state index contributed by atoms with van der Waals surface area (Å²) in [5.41, 5.74) is 0. The smallest absolute Gasteiger partial charge is 0.345 e. The molecule has 0 saturated heterocycles. The van der Waals surface area contributed by atoms with Gasteiger partial charge in [0.2, 0.25) is 0 Å². The lowest BCUT2D eigenvalue weighted by atomic mass is 10.2. The van der Waals surface area contributed by atoms with Crippen LogP contribution >= 0.6 is 54.5 Å². The molecule has 0 spiro atoms. The minimum Gasteiger partial charge on any atom is -0.477 e. The molecule has 0 aliphatic carbocycles. The molecule has 2 heterocycles. The SMILES string of the molecule is C.C.Fc1ccc(Br)c2ccsc12.O=C(O)c1cc2c(Br)ccc(F)c2s1. The van der Waals surface area contributed by atoms with E-state index < -0.39 is 5.97 Å². The van der Waals surface area contributed by atoms with Crippen molar-refractivity contribution in [3.8, 4) is 0 Å². The lowest BCUT2D eigenvalue weighted by molar-refractivity contribution is 0.0702. The third-order valence-electron chi connectivity index (χ3n) is 3.31. The summed E-state index contributed by atoms with van der Waals surface area (Å²) in [7, 11) is 0. The molecule has 2 aromatic heterocycles. The van der Waals surface area contributed by atoms with Crippen molar-refractivity contribution in [2.75, 3.05) is 0 Å². The predicted molar refractivity (Wildman–Crippen MR) is 119 cm³/mol. The van der Waals surface area contributed by atoms with Crippen LogP contribution in [0.15, 0.2) is 50.7 Å². The summed E-state index contributed by atoms with van der Waals surface area (Å²) < 4.78 is 29.0. The second-order valence-electron chi connectivity index (χ2n) is 4.88. The monoisotopic (exact) mass is 536 g/mol. The standard InChI is InChI=1S/C9H4BrFO2S.C8H4BrFS.2CH4/c10-5-1-2-6(11)8-4(5)3-7(14-8)9(12)13;9-6-1-2-7(10)8-5(6)3-4-11-8;;/h1-3H,(H,12,13);1-4H;2*1H4. The summed E-state index contributed by atoms with van der Waals surface area (Å²) in [6.45, 7) is 0. The Balaban J connectivity index is 0.000000257. The number of halogens is 4. The van der Waals surface area contributed by atoms with Crippen molar-refractivity contribution in [2.24, 2.45) is 0 Å². The Labute approximate surface area is 180 Å². The molecule has 8 heteroatoms. The zero-order chi connectivity index (χ0) is 18.1. The van der Waals surface area contributed by atoms with Crippen LogP contribution in [0.5, 0.6) is 0 Å². The van der Waals surface area contributed by atoms with Crippen LogP contribution in [0.2, 0.25) is 0 Å². The molecule has 2 aromatic carbocycles. The maximum Gasteiger partial charge on any atom is 0.345 e. The number of aromatic carboxylic acids is 1. The Bertz CT molecular complexity index is 1020. The molecule has 0 radical (unpaired) electrons. The summed E-state index contributed by atoms with van der Waals surface area (Å²) in [6.07, 6.45) is 0. The third-order valence-corrected chi connectivity index (χ3v) is 6.75. The number of carboxylic acids is 1. The number of thiophene rings is 2. The molecule has 4 rings (SSSR count). The number of benzene rings is 2. The molecule has 27 heavy (non-hydrogen) atoms. The fourth-order valence-electron chi connectivity index (χ4n) is 2.16. The Kier molecular flexibility index (Phi) is 8.53. The van der Waals surface area contributed by atoms with Crippen molar-refractivity contribution < 1.29 is 18.7 Å². The van der Waals surface area contributed by atoms with Gasteiger partial charge in [-0.1, -0.05) is 46.7 Å². The molecule has 2 nitrogen and oxygen atoms in total. The van der Waals surface area contributed by atoms with Gasteiger partial charge >= 0.3 is 5.97 Å². The molecule has 0 unspecified atom stereocenters. The molecule has 0 amide bonds. The molecule has 144 valence electrons. The lowest BCUT2D eigenvalue weighted by Crippen LogP contribution is -1.89. The highest BCUT2D eigenvalue weighted by atomic mass is 79.9. The minimum atomic E-state index is -1.03. The molecule has 0 saturated carbocycles. The molecular weight excluding hydrogens is 522 g/mol. The summed E-state index contributed by atoms with van der Waals surface area (Å²) in [4.78, 5) is 10.8. The van der Waals surface area contributed by atoms with Crippen molar-refractivity contribution in [1.29, 1.82) is 0 Å². The van der Waals surface area contributed by atoms with Crippen molar-refractivity contribution >= 4 is 80.7 Å². The fraction of sp³-hybridized carbons (Fsp3) is 0.105. The Morgan fingerprint density at radius 2 is 1.44 bits per heavy atom. The van der Waals surface area contributed by atoms with Crippen molar-refractivity contribution in [3.63, 3.8) is 0 Å². The van der Waals surface area contributed by atoms with Gasteiger partial charge in [0.25, 0.3) is 0 Å². The number of hydrogen-bond acceptors (Lipinski definition) is 3. The molecular formula is C19H16Br2F2O2S2. The van der Waals surface area contributed by atoms with Gasteiger partial charge in [-0.05, 0) is 41.8 Å². The summed E-state index contributed by atoms with van der Waals surface area (Å²) in [5, 5.41) is 12.2. The lowest BCUT2D eigenvalue weighted by Gasteiger charge is -1.93. The molecule has 0 aliphatic rings. The second-order valence-corrected chi connectivity index (χ2v) is 8.56. The number of fused-ring (bicyclic) bond motifs is 2. The summed E-state index contributed by atoms with van der Waals surface area (Å²) in [5.74, 6) is -1.56. The Morgan fingerprint density at radius 1 is 0.889 bits per heavy atom. The van der Waals surface area contributed by atoms with Crippen LogP contribution in [0.4, 0.5) is 8.78 Å². The first-order chi connectivity index (χ1) is 11.9. The number of rotatable bonds is 1. The van der Waals surface area contributed by atoms with Gasteiger partial charge in [-0.15, -0.1) is 22.7 Å². The van der Waals surface area contributed by atoms with Crippen LogP contribution in [-0.2, 0) is 0 Å². The maximum atomic E-state index is 13.2. The van der Waals surface area contributed by atoms with E-state index in [-0.39, 0.29) is 31.4 Å². The molecule has 0 fully saturated rings. The van der Waals surface area contributed by atoms with E-state index in [1.165, 1.54) is 29.5 Å². The van der Waals surface area contributed by atoms with Crippen LogP contribution < -0.4 is 0 Å². The number of hydrogen-bond donors (Lipinski definition) is 1. The average Bonchev–Trinajstić information content (AvgIpc) is 3.23. The average molecular weight is 538 g/mol. The van der Waals surface area contributed by atoms with E-state index in [0.29, 0.717) is 14.6 Å². The largest absolute Gasteiger partial charge is 0.477 e. The highest BCUT2D eigenvalue weighted by molar-refractivity contribution is 9.11. The van der Waals surface area contributed by atoms with Crippen molar-refractivity contribution in [1.82, 2.24) is 0 Å². The van der Waals surface area contributed by atoms with Crippen LogP contribution in [0.3, 0.4) is 0 Å². The first-order valence-electron chi connectivity index (χ1n) is 6.80. The van der Waals surface area contributed by atoms with Gasteiger partial charge in [0.15, 0.2) is 0 Å². The first kappa shape index (κ1) is 23.7. The maximum absolute atomic E-state index is 13.2. The van der Waals surface area contributed by atoms with Crippen molar-refractivity contribution in [2.45, 2.75) is 14.9 Å². The Hall–Kier alpha value is -1.35. The van der Waals surface area contributed by atoms with Gasteiger partial charge in [-0.3, -0.25) is 0 Å². The van der Waals surface area contributed by atoms with Gasteiger partial charge < -0.3 is 5.11 Å². The molecule has 0 bridgehead atoms. The highest BCUT2D eigenvalue weighted by Crippen LogP contribution is 2.33. The van der Waals surface area contributed by atoms with Gasteiger partial charge in [-0.25, -0.2) is 13.6 Å². The molecule has 1 N–H and O–H groups in total. The van der Waals surface area contributed by atoms with E-state index in [0.717, 1.165) is 25.9 Å². The zero-order valence-corrected chi connectivity index (χ0v) is 17.0. The predicted octanol–water partition coefficient (Wildman–Crippen LogP) is 8.58.